The van der Waals surface area contributed by atoms with Crippen LogP contribution in [0.3, 0.4) is 0 Å². The molecule has 1 N–H and O–H groups in total. The highest BCUT2D eigenvalue weighted by atomic mass is 32.1. The zero-order chi connectivity index (χ0) is 22.4. The molecule has 1 aliphatic carbocycles. The third-order valence-corrected chi connectivity index (χ3v) is 6.91. The first-order chi connectivity index (χ1) is 15.5. The monoisotopic (exact) mass is 446 g/mol. The van der Waals surface area contributed by atoms with E-state index in [0.717, 1.165) is 34.6 Å². The Morgan fingerprint density at radius 1 is 1.00 bits per heavy atom. The maximum absolute atomic E-state index is 13.0. The minimum atomic E-state index is -0.473. The first-order valence-corrected chi connectivity index (χ1v) is 10.9. The highest BCUT2D eigenvalue weighted by molar-refractivity contribution is 7.17. The summed E-state index contributed by atoms with van der Waals surface area (Å²) in [6.07, 6.45) is 2.62. The number of aryl methyl sites for hydroxylation is 1. The van der Waals surface area contributed by atoms with Crippen LogP contribution in [0.25, 0.3) is 0 Å². The van der Waals surface area contributed by atoms with Crippen LogP contribution in [0.15, 0.2) is 48.5 Å². The number of rotatable bonds is 4. The number of anilines is 2. The number of nitrogens with one attached hydrogen (secondary N) is 1. The second-order valence-corrected chi connectivity index (χ2v) is 8.65. The molecular weight excluding hydrogens is 428 g/mol. The van der Waals surface area contributed by atoms with E-state index in [1.165, 1.54) is 24.5 Å². The zero-order valence-corrected chi connectivity index (χ0v) is 18.0. The first-order valence-electron chi connectivity index (χ1n) is 10.1. The van der Waals surface area contributed by atoms with Gasteiger partial charge in [-0.1, -0.05) is 18.2 Å². The molecular formula is C24H18N2O5S. The first kappa shape index (κ1) is 20.1. The molecule has 5 rings (SSSR count). The molecule has 0 atom stereocenters. The number of fused-ring (bicyclic) bond motifs is 2. The van der Waals surface area contributed by atoms with Gasteiger partial charge in [0.15, 0.2) is 0 Å². The van der Waals surface area contributed by atoms with E-state index in [9.17, 15) is 19.2 Å². The Hall–Kier alpha value is -3.78. The van der Waals surface area contributed by atoms with E-state index < -0.39 is 23.7 Å². The fraction of sp³-hybridized carbons (Fsp3) is 0.167. The summed E-state index contributed by atoms with van der Waals surface area (Å²) in [5.74, 6) is -1.76. The third-order valence-electron chi connectivity index (χ3n) is 5.70. The van der Waals surface area contributed by atoms with Crippen molar-refractivity contribution in [3.63, 3.8) is 0 Å². The van der Waals surface area contributed by atoms with E-state index in [0.29, 0.717) is 27.4 Å². The second-order valence-electron chi connectivity index (χ2n) is 7.55. The number of benzene rings is 2. The van der Waals surface area contributed by atoms with Crippen molar-refractivity contribution in [1.29, 1.82) is 0 Å². The Bertz CT molecular complexity index is 1270. The molecule has 3 aromatic rings. The number of carbonyl (C=O) groups is 4. The summed E-state index contributed by atoms with van der Waals surface area (Å²) in [4.78, 5) is 53.0. The number of thiophene rings is 1. The van der Waals surface area contributed by atoms with Gasteiger partial charge < -0.3 is 10.1 Å². The number of amides is 3. The lowest BCUT2D eigenvalue weighted by atomic mass is 10.1. The number of nitrogens with zero attached hydrogens (tertiary/aromatic N) is 1. The van der Waals surface area contributed by atoms with Crippen molar-refractivity contribution in [2.75, 3.05) is 17.3 Å². The number of ether oxygens (including phenoxy) is 1. The summed E-state index contributed by atoms with van der Waals surface area (Å²) < 4.78 is 4.92. The van der Waals surface area contributed by atoms with Crippen LogP contribution >= 0.6 is 11.3 Å². The van der Waals surface area contributed by atoms with E-state index in [2.05, 4.69) is 5.32 Å². The van der Waals surface area contributed by atoms with E-state index >= 15 is 0 Å². The van der Waals surface area contributed by atoms with Crippen molar-refractivity contribution < 1.29 is 23.9 Å². The molecule has 0 unspecified atom stereocenters. The Labute approximate surface area is 187 Å². The minimum absolute atomic E-state index is 0.267. The molecule has 1 aromatic heterocycles. The van der Waals surface area contributed by atoms with Crippen LogP contribution < -0.4 is 10.2 Å². The quantitative estimate of drug-likeness (QED) is 0.482. The van der Waals surface area contributed by atoms with Crippen LogP contribution in [0.4, 0.5) is 10.7 Å². The molecule has 0 fully saturated rings. The number of carbonyl (C=O) groups excluding carboxylic acids is 4. The van der Waals surface area contributed by atoms with Crippen LogP contribution in [0.2, 0.25) is 0 Å². The Balaban J connectivity index is 1.44. The summed E-state index contributed by atoms with van der Waals surface area (Å²) in [6.45, 7) is 0. The molecule has 2 aromatic carbocycles. The molecule has 0 saturated heterocycles. The lowest BCUT2D eigenvalue weighted by molar-refractivity contribution is 0.0601. The van der Waals surface area contributed by atoms with Gasteiger partial charge in [0.2, 0.25) is 0 Å². The van der Waals surface area contributed by atoms with Gasteiger partial charge in [0.1, 0.15) is 5.00 Å². The topological polar surface area (TPSA) is 92.8 Å². The molecule has 32 heavy (non-hydrogen) atoms. The molecule has 160 valence electrons. The van der Waals surface area contributed by atoms with Crippen molar-refractivity contribution in [3.05, 3.63) is 81.2 Å². The van der Waals surface area contributed by atoms with Crippen molar-refractivity contribution in [2.24, 2.45) is 0 Å². The summed E-state index contributed by atoms with van der Waals surface area (Å²) in [6, 6.07) is 12.9. The van der Waals surface area contributed by atoms with Gasteiger partial charge in [-0.05, 0) is 55.2 Å². The lowest BCUT2D eigenvalue weighted by Gasteiger charge is -2.15. The number of methoxy groups -OCH3 is 1. The maximum atomic E-state index is 13.0. The fourth-order valence-corrected chi connectivity index (χ4v) is 5.47. The number of esters is 1. The highest BCUT2D eigenvalue weighted by Crippen LogP contribution is 2.39. The standard InChI is InChI=1S/C24H18N2O5S/c1-31-24(30)19-17-10-5-11-18(17)32-21(19)25-20(27)13-6-4-7-14(12-13)26-22(28)15-8-2-3-9-16(15)23(26)29/h2-4,6-9,12H,5,10-11H2,1H3,(H,25,27). The number of hydrogen-bond donors (Lipinski definition) is 1. The maximum Gasteiger partial charge on any atom is 0.341 e. The molecule has 2 heterocycles. The van der Waals surface area contributed by atoms with E-state index in [1.54, 1.807) is 42.5 Å². The van der Waals surface area contributed by atoms with Gasteiger partial charge in [-0.25, -0.2) is 9.69 Å². The van der Waals surface area contributed by atoms with E-state index in [1.807, 2.05) is 0 Å². The molecule has 1 aliphatic heterocycles. The molecule has 2 aliphatic rings. The van der Waals surface area contributed by atoms with Gasteiger partial charge in [0.05, 0.1) is 29.5 Å². The Morgan fingerprint density at radius 3 is 2.41 bits per heavy atom. The van der Waals surface area contributed by atoms with Crippen LogP contribution in [-0.2, 0) is 17.6 Å². The molecule has 0 spiro atoms. The largest absolute Gasteiger partial charge is 0.465 e. The molecule has 0 radical (unpaired) electrons. The Morgan fingerprint density at radius 2 is 1.72 bits per heavy atom. The van der Waals surface area contributed by atoms with Gasteiger partial charge in [-0.2, -0.15) is 0 Å². The Kier molecular flexibility index (Phi) is 4.86. The second kappa shape index (κ2) is 7.72. The molecule has 8 heteroatoms. The van der Waals surface area contributed by atoms with E-state index in [4.69, 9.17) is 4.74 Å². The number of imide groups is 1. The van der Waals surface area contributed by atoms with Crippen molar-refractivity contribution in [1.82, 2.24) is 0 Å². The zero-order valence-electron chi connectivity index (χ0n) is 17.1. The average molecular weight is 446 g/mol. The third kappa shape index (κ3) is 3.11. The van der Waals surface area contributed by atoms with E-state index in [-0.39, 0.29) is 5.56 Å². The normalized spacial score (nSPS) is 14.3. The minimum Gasteiger partial charge on any atom is -0.465 e. The van der Waals surface area contributed by atoms with Gasteiger partial charge in [0.25, 0.3) is 17.7 Å². The SMILES string of the molecule is COC(=O)c1c(NC(=O)c2cccc(N3C(=O)c4ccccc4C3=O)c2)sc2c1CCC2. The smallest absolute Gasteiger partial charge is 0.341 e. The number of hydrogen-bond acceptors (Lipinski definition) is 6. The predicted octanol–water partition coefficient (Wildman–Crippen LogP) is 4.08. The van der Waals surface area contributed by atoms with Crippen molar-refractivity contribution >= 4 is 45.7 Å². The lowest BCUT2D eigenvalue weighted by Crippen LogP contribution is -2.29. The molecule has 3 amide bonds. The van der Waals surface area contributed by atoms with Crippen LogP contribution in [-0.4, -0.2) is 30.8 Å². The summed E-state index contributed by atoms with van der Waals surface area (Å²) in [5, 5.41) is 3.28. The van der Waals surface area contributed by atoms with Gasteiger partial charge in [0, 0.05) is 10.4 Å². The molecule has 0 saturated carbocycles. The van der Waals surface area contributed by atoms with Crippen LogP contribution in [0, 0.1) is 0 Å². The van der Waals surface area contributed by atoms with Gasteiger partial charge in [-0.15, -0.1) is 11.3 Å². The summed E-state index contributed by atoms with van der Waals surface area (Å²) >= 11 is 1.39. The summed E-state index contributed by atoms with van der Waals surface area (Å²) in [5.41, 5.74) is 2.60. The average Bonchev–Trinajstić information content (AvgIpc) is 3.46. The van der Waals surface area contributed by atoms with Gasteiger partial charge in [-0.3, -0.25) is 14.4 Å². The van der Waals surface area contributed by atoms with Crippen LogP contribution in [0.5, 0.6) is 0 Å². The fourth-order valence-electron chi connectivity index (χ4n) is 4.20. The van der Waals surface area contributed by atoms with Crippen LogP contribution in [0.1, 0.15) is 58.3 Å². The summed E-state index contributed by atoms with van der Waals surface area (Å²) in [7, 11) is 1.32. The van der Waals surface area contributed by atoms with Crippen molar-refractivity contribution in [2.45, 2.75) is 19.3 Å². The van der Waals surface area contributed by atoms with Gasteiger partial charge >= 0.3 is 5.97 Å². The predicted molar refractivity (Wildman–Crippen MR) is 120 cm³/mol. The van der Waals surface area contributed by atoms with Crippen molar-refractivity contribution in [3.8, 4) is 0 Å². The molecule has 7 nitrogen and oxygen atoms in total. The highest BCUT2D eigenvalue weighted by Gasteiger charge is 2.36. The molecule has 0 bridgehead atoms.